The maximum absolute atomic E-state index is 10.8. The Balaban J connectivity index is 2.54. The van der Waals surface area contributed by atoms with E-state index >= 15 is 0 Å². The molecular formula is C10H13NO2. The number of carbonyl (C=O) groups is 1. The highest BCUT2D eigenvalue weighted by atomic mass is 16.5. The second-order valence-electron chi connectivity index (χ2n) is 2.74. The van der Waals surface area contributed by atoms with Gasteiger partial charge in [0.25, 0.3) is 0 Å². The Bertz CT molecular complexity index is 297. The number of hydrogen-bond donors (Lipinski definition) is 1. The summed E-state index contributed by atoms with van der Waals surface area (Å²) in [7, 11) is 1.38. The number of para-hydroxylation sites is 1. The summed E-state index contributed by atoms with van der Waals surface area (Å²) >= 11 is 0. The molecule has 0 heterocycles. The molecule has 1 aromatic carbocycles. The van der Waals surface area contributed by atoms with Crippen LogP contribution in [0.5, 0.6) is 0 Å². The lowest BCUT2D eigenvalue weighted by molar-refractivity contribution is -0.138. The summed E-state index contributed by atoms with van der Waals surface area (Å²) < 4.78 is 4.51. The summed E-state index contributed by atoms with van der Waals surface area (Å²) in [5.41, 5.74) is 2.08. The van der Waals surface area contributed by atoms with Crippen molar-refractivity contribution in [3.8, 4) is 0 Å². The summed E-state index contributed by atoms with van der Waals surface area (Å²) in [6.45, 7) is 2.20. The molecule has 0 saturated heterocycles. The number of ether oxygens (including phenoxy) is 1. The molecule has 0 fully saturated rings. The van der Waals surface area contributed by atoms with Gasteiger partial charge >= 0.3 is 5.97 Å². The van der Waals surface area contributed by atoms with E-state index in [4.69, 9.17) is 0 Å². The third-order valence-corrected chi connectivity index (χ3v) is 1.80. The molecule has 0 spiro atoms. The van der Waals surface area contributed by atoms with E-state index in [9.17, 15) is 4.79 Å². The first kappa shape index (κ1) is 9.58. The molecule has 70 valence electrons. The minimum atomic E-state index is -0.261. The van der Waals surface area contributed by atoms with Gasteiger partial charge in [-0.3, -0.25) is 4.79 Å². The second kappa shape index (κ2) is 4.50. The van der Waals surface area contributed by atoms with Crippen molar-refractivity contribution in [2.75, 3.05) is 19.0 Å². The Kier molecular flexibility index (Phi) is 3.31. The van der Waals surface area contributed by atoms with Crippen molar-refractivity contribution in [3.05, 3.63) is 29.8 Å². The first-order valence-corrected chi connectivity index (χ1v) is 4.10. The van der Waals surface area contributed by atoms with Crippen LogP contribution in [0.3, 0.4) is 0 Å². The predicted molar refractivity (Wildman–Crippen MR) is 51.7 cm³/mol. The molecule has 0 aliphatic heterocycles. The summed E-state index contributed by atoms with van der Waals surface area (Å²) in [5, 5.41) is 2.99. The number of carbonyl (C=O) groups excluding carboxylic acids is 1. The molecule has 0 aliphatic rings. The van der Waals surface area contributed by atoms with Gasteiger partial charge in [-0.15, -0.1) is 0 Å². The third-order valence-electron chi connectivity index (χ3n) is 1.80. The second-order valence-corrected chi connectivity index (χ2v) is 2.74. The average molecular weight is 179 g/mol. The lowest BCUT2D eigenvalue weighted by Gasteiger charge is -2.07. The van der Waals surface area contributed by atoms with Crippen LogP contribution in [0, 0.1) is 6.92 Å². The first-order valence-electron chi connectivity index (χ1n) is 4.10. The van der Waals surface area contributed by atoms with Crippen molar-refractivity contribution in [2.45, 2.75) is 6.92 Å². The molecule has 1 N–H and O–H groups in total. The zero-order valence-corrected chi connectivity index (χ0v) is 7.83. The standard InChI is InChI=1S/C10H13NO2/c1-8-5-3-4-6-9(8)11-7-10(12)13-2/h3-6,11H,7H2,1-2H3. The van der Waals surface area contributed by atoms with E-state index in [0.29, 0.717) is 0 Å². The highest BCUT2D eigenvalue weighted by Crippen LogP contribution is 2.12. The van der Waals surface area contributed by atoms with E-state index in [1.165, 1.54) is 7.11 Å². The van der Waals surface area contributed by atoms with Crippen molar-refractivity contribution in [1.82, 2.24) is 0 Å². The third kappa shape index (κ3) is 2.78. The van der Waals surface area contributed by atoms with E-state index in [1.807, 2.05) is 31.2 Å². The van der Waals surface area contributed by atoms with Gasteiger partial charge in [0, 0.05) is 5.69 Å². The number of aryl methyl sites for hydroxylation is 1. The Morgan fingerprint density at radius 3 is 2.77 bits per heavy atom. The highest BCUT2D eigenvalue weighted by molar-refractivity contribution is 5.75. The SMILES string of the molecule is COC(=O)CNc1ccccc1C. The van der Waals surface area contributed by atoms with E-state index < -0.39 is 0 Å². The summed E-state index contributed by atoms with van der Waals surface area (Å²) in [5.74, 6) is -0.261. The van der Waals surface area contributed by atoms with Crippen LogP contribution < -0.4 is 5.32 Å². The lowest BCUT2D eigenvalue weighted by Crippen LogP contribution is -2.15. The van der Waals surface area contributed by atoms with Gasteiger partial charge in [0.1, 0.15) is 6.54 Å². The molecule has 3 heteroatoms. The van der Waals surface area contributed by atoms with Crippen LogP contribution in [0.15, 0.2) is 24.3 Å². The Morgan fingerprint density at radius 1 is 1.46 bits per heavy atom. The van der Waals surface area contributed by atoms with Gasteiger partial charge < -0.3 is 10.1 Å². The van der Waals surface area contributed by atoms with Crippen molar-refractivity contribution in [1.29, 1.82) is 0 Å². The van der Waals surface area contributed by atoms with Gasteiger partial charge in [-0.05, 0) is 18.6 Å². The molecule has 0 radical (unpaired) electrons. The van der Waals surface area contributed by atoms with Crippen LogP contribution in [0.4, 0.5) is 5.69 Å². The van der Waals surface area contributed by atoms with Gasteiger partial charge in [-0.2, -0.15) is 0 Å². The van der Waals surface area contributed by atoms with Gasteiger partial charge in [-0.1, -0.05) is 18.2 Å². The Labute approximate surface area is 77.7 Å². The predicted octanol–water partition coefficient (Wildman–Crippen LogP) is 1.58. The molecule has 0 amide bonds. The van der Waals surface area contributed by atoms with Crippen LogP contribution in [0.2, 0.25) is 0 Å². The van der Waals surface area contributed by atoms with Crippen molar-refractivity contribution in [3.63, 3.8) is 0 Å². The fourth-order valence-corrected chi connectivity index (χ4v) is 1.01. The molecule has 1 aromatic rings. The van der Waals surface area contributed by atoms with E-state index in [-0.39, 0.29) is 12.5 Å². The zero-order chi connectivity index (χ0) is 9.68. The molecule has 0 unspecified atom stereocenters. The number of methoxy groups -OCH3 is 1. The van der Waals surface area contributed by atoms with Crippen molar-refractivity contribution in [2.24, 2.45) is 0 Å². The number of rotatable bonds is 3. The van der Waals surface area contributed by atoms with Crippen LogP contribution in [0.1, 0.15) is 5.56 Å². The van der Waals surface area contributed by atoms with Crippen LogP contribution >= 0.6 is 0 Å². The number of benzene rings is 1. The number of esters is 1. The van der Waals surface area contributed by atoms with E-state index in [2.05, 4.69) is 10.1 Å². The molecule has 13 heavy (non-hydrogen) atoms. The van der Waals surface area contributed by atoms with Gasteiger partial charge in [0.05, 0.1) is 7.11 Å². The molecule has 1 rings (SSSR count). The molecule has 0 bridgehead atoms. The minimum absolute atomic E-state index is 0.210. The molecule has 0 saturated carbocycles. The van der Waals surface area contributed by atoms with E-state index in [0.717, 1.165) is 11.3 Å². The van der Waals surface area contributed by atoms with Gasteiger partial charge in [-0.25, -0.2) is 0 Å². The molecule has 0 aliphatic carbocycles. The Hall–Kier alpha value is -1.51. The molecule has 0 atom stereocenters. The zero-order valence-electron chi connectivity index (χ0n) is 7.83. The largest absolute Gasteiger partial charge is 0.468 e. The molecular weight excluding hydrogens is 166 g/mol. The number of hydrogen-bond acceptors (Lipinski definition) is 3. The first-order chi connectivity index (χ1) is 6.24. The van der Waals surface area contributed by atoms with Gasteiger partial charge in [0.15, 0.2) is 0 Å². The summed E-state index contributed by atoms with van der Waals surface area (Å²) in [6.07, 6.45) is 0. The maximum Gasteiger partial charge on any atom is 0.325 e. The average Bonchev–Trinajstić information content (AvgIpc) is 2.16. The van der Waals surface area contributed by atoms with E-state index in [1.54, 1.807) is 0 Å². The lowest BCUT2D eigenvalue weighted by atomic mass is 10.2. The maximum atomic E-state index is 10.8. The normalized spacial score (nSPS) is 9.38. The van der Waals surface area contributed by atoms with Crippen LogP contribution in [-0.2, 0) is 9.53 Å². The Morgan fingerprint density at radius 2 is 2.15 bits per heavy atom. The summed E-state index contributed by atoms with van der Waals surface area (Å²) in [6, 6.07) is 7.79. The highest BCUT2D eigenvalue weighted by Gasteiger charge is 2.00. The fourth-order valence-electron chi connectivity index (χ4n) is 1.01. The van der Waals surface area contributed by atoms with Crippen LogP contribution in [0.25, 0.3) is 0 Å². The van der Waals surface area contributed by atoms with Crippen molar-refractivity contribution < 1.29 is 9.53 Å². The topological polar surface area (TPSA) is 38.3 Å². The fraction of sp³-hybridized carbons (Fsp3) is 0.300. The van der Waals surface area contributed by atoms with Gasteiger partial charge in [0.2, 0.25) is 0 Å². The molecule has 3 nitrogen and oxygen atoms in total. The summed E-state index contributed by atoms with van der Waals surface area (Å²) in [4.78, 5) is 10.8. The monoisotopic (exact) mass is 179 g/mol. The molecule has 0 aromatic heterocycles. The quantitative estimate of drug-likeness (QED) is 0.716. The smallest absolute Gasteiger partial charge is 0.325 e. The minimum Gasteiger partial charge on any atom is -0.468 e. The van der Waals surface area contributed by atoms with Crippen molar-refractivity contribution >= 4 is 11.7 Å². The number of nitrogens with one attached hydrogen (secondary N) is 1. The van der Waals surface area contributed by atoms with Crippen LogP contribution in [-0.4, -0.2) is 19.6 Å². The number of anilines is 1.